The van der Waals surface area contributed by atoms with E-state index in [9.17, 15) is 18.0 Å². The summed E-state index contributed by atoms with van der Waals surface area (Å²) in [4.78, 5) is 12.0. The second-order valence-corrected chi connectivity index (χ2v) is 5.26. The molecule has 108 valence electrons. The van der Waals surface area contributed by atoms with E-state index in [1.54, 1.807) is 30.3 Å². The number of hydrogen-bond acceptors (Lipinski definition) is 3. The third-order valence-electron chi connectivity index (χ3n) is 3.93. The van der Waals surface area contributed by atoms with Crippen molar-refractivity contribution < 1.29 is 27.4 Å². The molecular weight excluding hydrogens is 273 g/mol. The maximum atomic E-state index is 13.2. The highest BCUT2D eigenvalue weighted by atomic mass is 19.4. The van der Waals surface area contributed by atoms with E-state index in [0.29, 0.717) is 5.56 Å². The molecule has 3 atom stereocenters. The zero-order chi connectivity index (χ0) is 14.4. The van der Waals surface area contributed by atoms with Gasteiger partial charge in [-0.25, -0.2) is 0 Å². The van der Waals surface area contributed by atoms with Gasteiger partial charge in [0.2, 0.25) is 0 Å². The largest absolute Gasteiger partial charge is 0.460 e. The number of ether oxygens (including phenoxy) is 2. The molecule has 1 aliphatic heterocycles. The summed E-state index contributed by atoms with van der Waals surface area (Å²) >= 11 is 0. The van der Waals surface area contributed by atoms with Gasteiger partial charge in [0.25, 0.3) is 0 Å². The summed E-state index contributed by atoms with van der Waals surface area (Å²) in [5, 5.41) is 0. The minimum absolute atomic E-state index is 0.145. The molecule has 1 saturated heterocycles. The van der Waals surface area contributed by atoms with E-state index in [0.717, 1.165) is 0 Å². The molecule has 3 rings (SSSR count). The van der Waals surface area contributed by atoms with Crippen LogP contribution < -0.4 is 0 Å². The summed E-state index contributed by atoms with van der Waals surface area (Å²) in [7, 11) is 0. The number of hydrogen-bond donors (Lipinski definition) is 0. The van der Waals surface area contributed by atoms with Crippen LogP contribution in [0.1, 0.15) is 18.4 Å². The average molecular weight is 286 g/mol. The fourth-order valence-electron chi connectivity index (χ4n) is 2.68. The Morgan fingerprint density at radius 1 is 1.25 bits per heavy atom. The number of alkyl halides is 3. The van der Waals surface area contributed by atoms with Gasteiger partial charge < -0.3 is 9.47 Å². The van der Waals surface area contributed by atoms with Crippen LogP contribution in [-0.4, -0.2) is 24.4 Å². The first-order chi connectivity index (χ1) is 9.42. The molecule has 0 amide bonds. The molecule has 2 fully saturated rings. The predicted octanol–water partition coefficient (Wildman–Crippen LogP) is 2.84. The summed E-state index contributed by atoms with van der Waals surface area (Å²) in [5.41, 5.74) is -1.73. The summed E-state index contributed by atoms with van der Waals surface area (Å²) < 4.78 is 49.6. The van der Waals surface area contributed by atoms with Gasteiger partial charge in [-0.05, 0) is 5.56 Å². The quantitative estimate of drug-likeness (QED) is 0.633. The Bertz CT molecular complexity index is 502. The number of epoxide rings is 1. The maximum absolute atomic E-state index is 13.2. The first-order valence-electron chi connectivity index (χ1n) is 6.36. The molecule has 1 aromatic rings. The maximum Gasteiger partial charge on any atom is 0.405 e. The zero-order valence-electron chi connectivity index (χ0n) is 10.5. The third kappa shape index (κ3) is 2.18. The topological polar surface area (TPSA) is 38.8 Å². The minimum Gasteiger partial charge on any atom is -0.460 e. The first-order valence-corrected chi connectivity index (χ1v) is 6.36. The SMILES string of the molecule is O=C(OCc1ccccc1)C1(C(F)(F)F)C[C@@H]2O[C@@H]2C1. The van der Waals surface area contributed by atoms with Gasteiger partial charge in [0.1, 0.15) is 6.61 Å². The summed E-state index contributed by atoms with van der Waals surface area (Å²) in [6.45, 7) is -0.145. The molecule has 3 nitrogen and oxygen atoms in total. The van der Waals surface area contributed by atoms with Gasteiger partial charge in [0.15, 0.2) is 5.41 Å². The monoisotopic (exact) mass is 286 g/mol. The van der Waals surface area contributed by atoms with Crippen LogP contribution in [0.15, 0.2) is 30.3 Å². The lowest BCUT2D eigenvalue weighted by atomic mass is 9.84. The van der Waals surface area contributed by atoms with Gasteiger partial charge in [0, 0.05) is 12.8 Å². The van der Waals surface area contributed by atoms with Gasteiger partial charge in [-0.2, -0.15) is 13.2 Å². The lowest BCUT2D eigenvalue weighted by Gasteiger charge is -2.30. The lowest BCUT2D eigenvalue weighted by molar-refractivity contribution is -0.239. The Balaban J connectivity index is 1.71. The molecule has 0 N–H and O–H groups in total. The number of benzene rings is 1. The van der Waals surface area contributed by atoms with Crippen molar-refractivity contribution in [3.8, 4) is 0 Å². The standard InChI is InChI=1S/C14H13F3O3/c15-14(16,17)13(6-10-11(7-13)20-10)12(18)19-8-9-4-2-1-3-5-9/h1-5,10-11H,6-8H2/t10-,11+,13?. The average Bonchev–Trinajstić information content (AvgIpc) is 3.03. The fraction of sp³-hybridized carbons (Fsp3) is 0.500. The molecule has 1 saturated carbocycles. The van der Waals surface area contributed by atoms with Gasteiger partial charge in [0.05, 0.1) is 12.2 Å². The van der Waals surface area contributed by atoms with Crippen molar-refractivity contribution >= 4 is 5.97 Å². The third-order valence-corrected chi connectivity index (χ3v) is 3.93. The van der Waals surface area contributed by atoms with Crippen LogP contribution in [0.25, 0.3) is 0 Å². The van der Waals surface area contributed by atoms with Gasteiger partial charge in [-0.1, -0.05) is 30.3 Å². The fourth-order valence-corrected chi connectivity index (χ4v) is 2.68. The number of carbonyl (C=O) groups is 1. The highest BCUT2D eigenvalue weighted by molar-refractivity contribution is 5.79. The van der Waals surface area contributed by atoms with E-state index in [1.165, 1.54) is 0 Å². The van der Waals surface area contributed by atoms with Crippen molar-refractivity contribution in [3.05, 3.63) is 35.9 Å². The molecule has 1 aromatic carbocycles. The van der Waals surface area contributed by atoms with E-state index in [-0.39, 0.29) is 19.4 Å². The van der Waals surface area contributed by atoms with Crippen LogP contribution in [0.2, 0.25) is 0 Å². The number of fused-ring (bicyclic) bond motifs is 1. The zero-order valence-corrected chi connectivity index (χ0v) is 10.5. The highest BCUT2D eigenvalue weighted by Gasteiger charge is 2.71. The summed E-state index contributed by atoms with van der Waals surface area (Å²) in [6, 6.07) is 8.65. The van der Waals surface area contributed by atoms with Crippen molar-refractivity contribution in [2.75, 3.05) is 0 Å². The van der Waals surface area contributed by atoms with Crippen molar-refractivity contribution in [1.82, 2.24) is 0 Å². The molecule has 1 heterocycles. The highest BCUT2D eigenvalue weighted by Crippen LogP contribution is 2.58. The van der Waals surface area contributed by atoms with E-state index < -0.39 is 29.8 Å². The Morgan fingerprint density at radius 2 is 1.85 bits per heavy atom. The van der Waals surface area contributed by atoms with Gasteiger partial charge >= 0.3 is 12.1 Å². The van der Waals surface area contributed by atoms with E-state index in [4.69, 9.17) is 9.47 Å². The molecule has 2 aliphatic rings. The van der Waals surface area contributed by atoms with Gasteiger partial charge in [-0.15, -0.1) is 0 Å². The Kier molecular flexibility index (Phi) is 3.01. The molecule has 1 unspecified atom stereocenters. The van der Waals surface area contributed by atoms with Crippen molar-refractivity contribution in [3.63, 3.8) is 0 Å². The summed E-state index contributed by atoms with van der Waals surface area (Å²) in [6.07, 6.45) is -6.14. The van der Waals surface area contributed by atoms with Crippen molar-refractivity contribution in [2.24, 2.45) is 5.41 Å². The number of carbonyl (C=O) groups excluding carboxylic acids is 1. The number of rotatable bonds is 3. The second-order valence-electron chi connectivity index (χ2n) is 5.26. The molecule has 20 heavy (non-hydrogen) atoms. The number of halogens is 3. The number of esters is 1. The van der Waals surface area contributed by atoms with Crippen molar-refractivity contribution in [2.45, 2.75) is 37.8 Å². The second kappa shape index (κ2) is 4.48. The Morgan fingerprint density at radius 3 is 2.40 bits per heavy atom. The molecule has 1 aliphatic carbocycles. The lowest BCUT2D eigenvalue weighted by Crippen LogP contribution is -2.45. The summed E-state index contributed by atoms with van der Waals surface area (Å²) in [5.74, 6) is -1.19. The molecule has 0 bridgehead atoms. The van der Waals surface area contributed by atoms with Gasteiger partial charge in [-0.3, -0.25) is 4.79 Å². The normalized spacial score (nSPS) is 31.8. The van der Waals surface area contributed by atoms with Crippen molar-refractivity contribution in [1.29, 1.82) is 0 Å². The predicted molar refractivity (Wildman–Crippen MR) is 62.6 cm³/mol. The molecule has 0 spiro atoms. The smallest absolute Gasteiger partial charge is 0.405 e. The molecule has 0 aromatic heterocycles. The Labute approximate surface area is 113 Å². The van der Waals surface area contributed by atoms with E-state index >= 15 is 0 Å². The Hall–Kier alpha value is -1.56. The van der Waals surface area contributed by atoms with Crippen LogP contribution in [-0.2, 0) is 20.9 Å². The minimum atomic E-state index is -4.60. The van der Waals surface area contributed by atoms with E-state index in [1.807, 2.05) is 0 Å². The molecule has 6 heteroatoms. The van der Waals surface area contributed by atoms with E-state index in [2.05, 4.69) is 0 Å². The van der Waals surface area contributed by atoms with Crippen LogP contribution in [0.4, 0.5) is 13.2 Å². The van der Waals surface area contributed by atoms with Crippen LogP contribution in [0.3, 0.4) is 0 Å². The molecular formula is C14H13F3O3. The first kappa shape index (κ1) is 13.4. The van der Waals surface area contributed by atoms with Crippen LogP contribution in [0, 0.1) is 5.41 Å². The van der Waals surface area contributed by atoms with Crippen LogP contribution >= 0.6 is 0 Å². The molecule has 0 radical (unpaired) electrons. The van der Waals surface area contributed by atoms with Crippen LogP contribution in [0.5, 0.6) is 0 Å².